The minimum absolute atomic E-state index is 0.0692. The first kappa shape index (κ1) is 23.2. The lowest BCUT2D eigenvalue weighted by atomic mass is 10.1. The van der Waals surface area contributed by atoms with Crippen LogP contribution in [0.3, 0.4) is 0 Å². The molecule has 1 saturated heterocycles. The number of amides is 1. The van der Waals surface area contributed by atoms with Crippen molar-refractivity contribution in [3.05, 3.63) is 89.2 Å². The zero-order valence-corrected chi connectivity index (χ0v) is 20.8. The average molecular weight is 468 g/mol. The van der Waals surface area contributed by atoms with Crippen LogP contribution in [0.4, 0.5) is 5.69 Å². The highest BCUT2D eigenvalue weighted by atomic mass is 16.5. The molecule has 5 rings (SSSR count). The zero-order valence-electron chi connectivity index (χ0n) is 20.8. The Labute approximate surface area is 207 Å². The van der Waals surface area contributed by atoms with Gasteiger partial charge in [-0.3, -0.25) is 4.79 Å². The summed E-state index contributed by atoms with van der Waals surface area (Å²) < 4.78 is 8.42. The second-order valence-electron chi connectivity index (χ2n) is 9.47. The number of para-hydroxylation sites is 3. The van der Waals surface area contributed by atoms with Gasteiger partial charge in [-0.05, 0) is 67.6 Å². The normalized spacial score (nSPS) is 15.8. The molecule has 180 valence electrons. The molecule has 35 heavy (non-hydrogen) atoms. The molecule has 0 unspecified atom stereocenters. The van der Waals surface area contributed by atoms with E-state index in [4.69, 9.17) is 9.72 Å². The summed E-state index contributed by atoms with van der Waals surface area (Å²) in [4.78, 5) is 20.1. The van der Waals surface area contributed by atoms with Gasteiger partial charge in [-0.15, -0.1) is 0 Å². The van der Waals surface area contributed by atoms with Gasteiger partial charge in [-0.25, -0.2) is 4.98 Å². The molecule has 3 aromatic carbocycles. The molecule has 5 nitrogen and oxygen atoms in total. The number of imidazole rings is 1. The topological polar surface area (TPSA) is 47.4 Å². The molecule has 0 spiro atoms. The van der Waals surface area contributed by atoms with E-state index in [-0.39, 0.29) is 11.8 Å². The van der Waals surface area contributed by atoms with Crippen LogP contribution in [0, 0.1) is 13.8 Å². The highest BCUT2D eigenvalue weighted by Gasteiger charge is 2.35. The van der Waals surface area contributed by atoms with Crippen molar-refractivity contribution in [2.24, 2.45) is 0 Å². The predicted octanol–water partition coefficient (Wildman–Crippen LogP) is 6.21. The lowest BCUT2D eigenvalue weighted by Gasteiger charge is -2.20. The molecule has 0 radical (unpaired) electrons. The van der Waals surface area contributed by atoms with Crippen LogP contribution in [-0.2, 0) is 17.8 Å². The van der Waals surface area contributed by atoms with Crippen molar-refractivity contribution in [3.63, 3.8) is 0 Å². The lowest BCUT2D eigenvalue weighted by molar-refractivity contribution is -0.117. The van der Waals surface area contributed by atoms with Crippen molar-refractivity contribution >= 4 is 22.6 Å². The smallest absolute Gasteiger partial charge is 0.227 e. The number of carbonyl (C=O) groups excluding carboxylic acids is 1. The summed E-state index contributed by atoms with van der Waals surface area (Å²) in [5, 5.41) is 0. The molecule has 1 amide bonds. The fraction of sp³-hybridized carbons (Fsp3) is 0.333. The molecule has 1 aliphatic rings. The first-order valence-corrected chi connectivity index (χ1v) is 12.6. The van der Waals surface area contributed by atoms with E-state index in [0.29, 0.717) is 19.6 Å². The third kappa shape index (κ3) is 4.68. The van der Waals surface area contributed by atoms with E-state index in [2.05, 4.69) is 73.9 Å². The van der Waals surface area contributed by atoms with Gasteiger partial charge in [-0.2, -0.15) is 0 Å². The number of benzene rings is 3. The number of ether oxygens (including phenoxy) is 1. The Morgan fingerprint density at radius 3 is 2.69 bits per heavy atom. The molecule has 0 saturated carbocycles. The van der Waals surface area contributed by atoms with Gasteiger partial charge < -0.3 is 14.2 Å². The lowest BCUT2D eigenvalue weighted by Crippen LogP contribution is -2.25. The molecule has 2 heterocycles. The van der Waals surface area contributed by atoms with Crippen LogP contribution in [0.2, 0.25) is 0 Å². The zero-order chi connectivity index (χ0) is 24.4. The van der Waals surface area contributed by atoms with Gasteiger partial charge in [0.15, 0.2) is 0 Å². The van der Waals surface area contributed by atoms with Crippen LogP contribution in [0.5, 0.6) is 5.75 Å². The van der Waals surface area contributed by atoms with Gasteiger partial charge in [-0.1, -0.05) is 49.4 Å². The third-order valence-electron chi connectivity index (χ3n) is 6.96. The molecule has 1 aliphatic heterocycles. The largest absolute Gasteiger partial charge is 0.493 e. The van der Waals surface area contributed by atoms with Crippen LogP contribution in [0.25, 0.3) is 11.0 Å². The summed E-state index contributed by atoms with van der Waals surface area (Å²) in [6.07, 6.45) is 2.26. The maximum absolute atomic E-state index is 13.1. The minimum atomic E-state index is 0.0692. The van der Waals surface area contributed by atoms with Crippen LogP contribution in [0.1, 0.15) is 48.2 Å². The highest BCUT2D eigenvalue weighted by Crippen LogP contribution is 2.35. The van der Waals surface area contributed by atoms with Crippen molar-refractivity contribution in [1.82, 2.24) is 9.55 Å². The van der Waals surface area contributed by atoms with Crippen LogP contribution < -0.4 is 9.64 Å². The molecular weight excluding hydrogens is 434 g/mol. The van der Waals surface area contributed by atoms with Crippen molar-refractivity contribution in [2.75, 3.05) is 18.1 Å². The molecule has 0 aliphatic carbocycles. The number of hydrogen-bond donors (Lipinski definition) is 0. The first-order chi connectivity index (χ1) is 17.0. The standard InChI is InChI=1S/C30H33N3O2/c1-4-23-10-5-7-12-26(23)33-20-24(19-29(33)34)30-31-25-11-6-8-13-27(25)32(30)16-9-17-35-28-18-21(2)14-15-22(28)3/h5-8,10-15,18,24H,4,9,16-17,19-20H2,1-3H3/t24-/m0/s1. The summed E-state index contributed by atoms with van der Waals surface area (Å²) >= 11 is 0. The van der Waals surface area contributed by atoms with Crippen LogP contribution in [0.15, 0.2) is 66.7 Å². The molecule has 1 atom stereocenters. The molecule has 5 heteroatoms. The molecular formula is C30H33N3O2. The molecule has 1 fully saturated rings. The Morgan fingerprint density at radius 2 is 1.83 bits per heavy atom. The number of aryl methyl sites for hydroxylation is 4. The van der Waals surface area contributed by atoms with Gasteiger partial charge in [0.25, 0.3) is 0 Å². The second kappa shape index (κ2) is 9.95. The number of fused-ring (bicyclic) bond motifs is 1. The summed E-state index contributed by atoms with van der Waals surface area (Å²) in [5.41, 5.74) is 6.70. The second-order valence-corrected chi connectivity index (χ2v) is 9.47. The Bertz CT molecular complexity index is 1360. The van der Waals surface area contributed by atoms with Gasteiger partial charge in [0.1, 0.15) is 11.6 Å². The van der Waals surface area contributed by atoms with Crippen molar-refractivity contribution < 1.29 is 9.53 Å². The maximum Gasteiger partial charge on any atom is 0.227 e. The Kier molecular flexibility index (Phi) is 6.58. The maximum atomic E-state index is 13.1. The average Bonchev–Trinajstić information content (AvgIpc) is 3.44. The fourth-order valence-electron chi connectivity index (χ4n) is 5.09. The van der Waals surface area contributed by atoms with Gasteiger partial charge in [0.05, 0.1) is 17.6 Å². The number of aromatic nitrogens is 2. The molecule has 4 aromatic rings. The van der Waals surface area contributed by atoms with E-state index >= 15 is 0 Å². The van der Waals surface area contributed by atoms with E-state index in [1.54, 1.807) is 0 Å². The van der Waals surface area contributed by atoms with Crippen molar-refractivity contribution in [3.8, 4) is 5.75 Å². The summed E-state index contributed by atoms with van der Waals surface area (Å²) in [7, 11) is 0. The first-order valence-electron chi connectivity index (χ1n) is 12.6. The van der Waals surface area contributed by atoms with Crippen LogP contribution >= 0.6 is 0 Å². The Hall–Kier alpha value is -3.60. The van der Waals surface area contributed by atoms with Gasteiger partial charge >= 0.3 is 0 Å². The monoisotopic (exact) mass is 467 g/mol. The summed E-state index contributed by atoms with van der Waals surface area (Å²) in [5.74, 6) is 2.20. The van der Waals surface area contributed by atoms with E-state index in [1.807, 2.05) is 23.1 Å². The van der Waals surface area contributed by atoms with Crippen molar-refractivity contribution in [2.45, 2.75) is 52.5 Å². The van der Waals surface area contributed by atoms with E-state index in [0.717, 1.165) is 53.2 Å². The third-order valence-corrected chi connectivity index (χ3v) is 6.96. The molecule has 0 N–H and O–H groups in total. The number of carbonyl (C=O) groups is 1. The highest BCUT2D eigenvalue weighted by molar-refractivity contribution is 5.97. The number of nitrogens with zero attached hydrogens (tertiary/aromatic N) is 3. The molecule has 0 bridgehead atoms. The van der Waals surface area contributed by atoms with E-state index in [1.165, 1.54) is 11.1 Å². The quantitative estimate of drug-likeness (QED) is 0.290. The number of hydrogen-bond acceptors (Lipinski definition) is 3. The Balaban J connectivity index is 1.36. The minimum Gasteiger partial charge on any atom is -0.493 e. The van der Waals surface area contributed by atoms with Crippen LogP contribution in [-0.4, -0.2) is 28.6 Å². The Morgan fingerprint density at radius 1 is 1.03 bits per heavy atom. The van der Waals surface area contributed by atoms with E-state index in [9.17, 15) is 4.79 Å². The predicted molar refractivity (Wildman–Crippen MR) is 141 cm³/mol. The number of anilines is 1. The fourth-order valence-corrected chi connectivity index (χ4v) is 5.09. The van der Waals surface area contributed by atoms with Gasteiger partial charge in [0.2, 0.25) is 5.91 Å². The SMILES string of the molecule is CCc1ccccc1N1C[C@@H](c2nc3ccccc3n2CCCOc2cc(C)ccc2C)CC1=O. The number of rotatable bonds is 8. The van der Waals surface area contributed by atoms with E-state index < -0.39 is 0 Å². The summed E-state index contributed by atoms with van der Waals surface area (Å²) in [6.45, 7) is 8.40. The van der Waals surface area contributed by atoms with Gasteiger partial charge in [0, 0.05) is 31.1 Å². The van der Waals surface area contributed by atoms with Crippen molar-refractivity contribution in [1.29, 1.82) is 0 Å². The molecule has 1 aromatic heterocycles. The summed E-state index contributed by atoms with van der Waals surface area (Å²) in [6, 6.07) is 22.8.